The topological polar surface area (TPSA) is 49.8 Å². The molecule has 1 N–H and O–H groups in total. The summed E-state index contributed by atoms with van der Waals surface area (Å²) in [5.74, 6) is 0.217. The Kier molecular flexibility index (Phi) is 3.26. The van der Waals surface area contributed by atoms with Gasteiger partial charge in [0, 0.05) is 13.1 Å². The summed E-state index contributed by atoms with van der Waals surface area (Å²) in [7, 11) is 0. The maximum atomic E-state index is 12.1. The SMILES string of the molecule is CCN(CCO)C(=O)C1CC2CCC1O2. The fourth-order valence-electron chi connectivity index (χ4n) is 2.68. The van der Waals surface area contributed by atoms with Crippen molar-refractivity contribution in [3.63, 3.8) is 0 Å². The smallest absolute Gasteiger partial charge is 0.228 e. The Hall–Kier alpha value is -0.610. The molecule has 15 heavy (non-hydrogen) atoms. The normalized spacial score (nSPS) is 33.3. The molecule has 2 aliphatic rings. The Morgan fingerprint density at radius 2 is 2.33 bits per heavy atom. The first-order valence-corrected chi connectivity index (χ1v) is 5.81. The monoisotopic (exact) mass is 213 g/mol. The molecule has 0 saturated carbocycles. The molecule has 2 saturated heterocycles. The molecule has 2 rings (SSSR count). The average Bonchev–Trinajstić information content (AvgIpc) is 2.86. The molecule has 0 aromatic carbocycles. The van der Waals surface area contributed by atoms with Gasteiger partial charge in [0.05, 0.1) is 24.7 Å². The number of amides is 1. The van der Waals surface area contributed by atoms with Crippen LogP contribution in [0.5, 0.6) is 0 Å². The molecule has 2 bridgehead atoms. The molecule has 4 nitrogen and oxygen atoms in total. The second-order valence-electron chi connectivity index (χ2n) is 4.36. The van der Waals surface area contributed by atoms with Gasteiger partial charge in [0.25, 0.3) is 0 Å². The van der Waals surface area contributed by atoms with Crippen LogP contribution in [0.3, 0.4) is 0 Å². The molecule has 4 heteroatoms. The Morgan fingerprint density at radius 1 is 1.53 bits per heavy atom. The van der Waals surface area contributed by atoms with Crippen LogP contribution >= 0.6 is 0 Å². The molecule has 0 radical (unpaired) electrons. The fourth-order valence-corrected chi connectivity index (χ4v) is 2.68. The van der Waals surface area contributed by atoms with Crippen molar-refractivity contribution in [2.24, 2.45) is 5.92 Å². The first kappa shape index (κ1) is 10.9. The van der Waals surface area contributed by atoms with Crippen molar-refractivity contribution < 1.29 is 14.6 Å². The van der Waals surface area contributed by atoms with E-state index in [9.17, 15) is 4.79 Å². The molecule has 2 heterocycles. The number of nitrogens with zero attached hydrogens (tertiary/aromatic N) is 1. The minimum Gasteiger partial charge on any atom is -0.395 e. The quantitative estimate of drug-likeness (QED) is 0.735. The highest BCUT2D eigenvalue weighted by atomic mass is 16.5. The van der Waals surface area contributed by atoms with E-state index in [0.717, 1.165) is 19.3 Å². The minimum atomic E-state index is 0.0429. The maximum absolute atomic E-state index is 12.1. The fraction of sp³-hybridized carbons (Fsp3) is 0.909. The highest BCUT2D eigenvalue weighted by molar-refractivity contribution is 5.80. The zero-order valence-electron chi connectivity index (χ0n) is 9.19. The molecule has 0 spiro atoms. The minimum absolute atomic E-state index is 0.0429. The number of hydrogen-bond acceptors (Lipinski definition) is 3. The second-order valence-corrected chi connectivity index (χ2v) is 4.36. The molecule has 86 valence electrons. The zero-order chi connectivity index (χ0) is 10.8. The molecule has 0 aliphatic carbocycles. The first-order chi connectivity index (χ1) is 7.26. The third-order valence-electron chi connectivity index (χ3n) is 3.49. The predicted molar refractivity (Wildman–Crippen MR) is 55.3 cm³/mol. The second kappa shape index (κ2) is 4.49. The summed E-state index contributed by atoms with van der Waals surface area (Å²) in [6.07, 6.45) is 3.48. The van der Waals surface area contributed by atoms with E-state index < -0.39 is 0 Å². The number of carbonyl (C=O) groups is 1. The first-order valence-electron chi connectivity index (χ1n) is 5.81. The Morgan fingerprint density at radius 3 is 2.80 bits per heavy atom. The van der Waals surface area contributed by atoms with Crippen molar-refractivity contribution in [3.8, 4) is 0 Å². The maximum Gasteiger partial charge on any atom is 0.228 e. The lowest BCUT2D eigenvalue weighted by Gasteiger charge is -2.26. The highest BCUT2D eigenvalue weighted by Crippen LogP contribution is 2.39. The van der Waals surface area contributed by atoms with Gasteiger partial charge >= 0.3 is 0 Å². The van der Waals surface area contributed by atoms with Gasteiger partial charge < -0.3 is 14.7 Å². The van der Waals surface area contributed by atoms with Crippen LogP contribution in [0.2, 0.25) is 0 Å². The summed E-state index contributed by atoms with van der Waals surface area (Å²) in [6.45, 7) is 3.11. The van der Waals surface area contributed by atoms with E-state index in [-0.39, 0.29) is 24.5 Å². The van der Waals surface area contributed by atoms with Gasteiger partial charge in [-0.3, -0.25) is 4.79 Å². The molecule has 2 aliphatic heterocycles. The van der Waals surface area contributed by atoms with Crippen LogP contribution in [0.25, 0.3) is 0 Å². The molecule has 3 unspecified atom stereocenters. The molecule has 3 atom stereocenters. The average molecular weight is 213 g/mol. The van der Waals surface area contributed by atoms with Crippen molar-refractivity contribution in [2.75, 3.05) is 19.7 Å². The van der Waals surface area contributed by atoms with Gasteiger partial charge in [-0.2, -0.15) is 0 Å². The summed E-state index contributed by atoms with van der Waals surface area (Å²) in [5.41, 5.74) is 0. The van der Waals surface area contributed by atoms with Gasteiger partial charge in [0.1, 0.15) is 0 Å². The van der Waals surface area contributed by atoms with Crippen LogP contribution in [0.1, 0.15) is 26.2 Å². The zero-order valence-corrected chi connectivity index (χ0v) is 9.19. The molecule has 1 amide bonds. The summed E-state index contributed by atoms with van der Waals surface area (Å²) >= 11 is 0. The van der Waals surface area contributed by atoms with Crippen molar-refractivity contribution in [1.82, 2.24) is 4.90 Å². The number of rotatable bonds is 4. The van der Waals surface area contributed by atoms with Crippen LogP contribution < -0.4 is 0 Å². The van der Waals surface area contributed by atoms with Crippen LogP contribution in [-0.2, 0) is 9.53 Å². The standard InChI is InChI=1S/C11H19NO3/c1-2-12(5-6-13)11(14)9-7-8-3-4-10(9)15-8/h8-10,13H,2-7H2,1H3. The Balaban J connectivity index is 1.95. The molecule has 2 fully saturated rings. The lowest BCUT2D eigenvalue weighted by atomic mass is 9.88. The third-order valence-corrected chi connectivity index (χ3v) is 3.49. The van der Waals surface area contributed by atoms with Crippen molar-refractivity contribution in [1.29, 1.82) is 0 Å². The summed E-state index contributed by atoms with van der Waals surface area (Å²) in [4.78, 5) is 13.8. The van der Waals surface area contributed by atoms with Gasteiger partial charge in [0.2, 0.25) is 5.91 Å². The van der Waals surface area contributed by atoms with Crippen molar-refractivity contribution in [3.05, 3.63) is 0 Å². The third kappa shape index (κ3) is 2.01. The number of aliphatic hydroxyl groups is 1. The lowest BCUT2D eigenvalue weighted by Crippen LogP contribution is -2.41. The molecule has 0 aromatic rings. The number of hydrogen-bond donors (Lipinski definition) is 1. The van der Waals surface area contributed by atoms with Crippen LogP contribution in [0.4, 0.5) is 0 Å². The van der Waals surface area contributed by atoms with E-state index in [2.05, 4.69) is 0 Å². The van der Waals surface area contributed by atoms with Crippen molar-refractivity contribution >= 4 is 5.91 Å². The summed E-state index contributed by atoms with van der Waals surface area (Å²) in [5, 5.41) is 8.87. The molecular formula is C11H19NO3. The summed E-state index contributed by atoms with van der Waals surface area (Å²) in [6, 6.07) is 0. The van der Waals surface area contributed by atoms with E-state index in [1.165, 1.54) is 0 Å². The van der Waals surface area contributed by atoms with Gasteiger partial charge in [-0.15, -0.1) is 0 Å². The van der Waals surface area contributed by atoms with Gasteiger partial charge in [-0.25, -0.2) is 0 Å². The van der Waals surface area contributed by atoms with Crippen molar-refractivity contribution in [2.45, 2.75) is 38.4 Å². The van der Waals surface area contributed by atoms with E-state index in [1.54, 1.807) is 4.90 Å². The van der Waals surface area contributed by atoms with E-state index in [1.807, 2.05) is 6.92 Å². The highest BCUT2D eigenvalue weighted by Gasteiger charge is 2.45. The number of ether oxygens (including phenoxy) is 1. The predicted octanol–water partition coefficient (Wildman–Crippen LogP) is 0.395. The Bertz CT molecular complexity index is 244. The van der Waals surface area contributed by atoms with Gasteiger partial charge in [-0.1, -0.05) is 0 Å². The van der Waals surface area contributed by atoms with Gasteiger partial charge in [-0.05, 0) is 26.2 Å². The largest absolute Gasteiger partial charge is 0.395 e. The molecular weight excluding hydrogens is 194 g/mol. The van der Waals surface area contributed by atoms with E-state index >= 15 is 0 Å². The lowest BCUT2D eigenvalue weighted by molar-refractivity contribution is -0.137. The van der Waals surface area contributed by atoms with Crippen LogP contribution in [-0.4, -0.2) is 47.8 Å². The van der Waals surface area contributed by atoms with E-state index in [0.29, 0.717) is 19.2 Å². The number of carbonyl (C=O) groups excluding carboxylic acids is 1. The van der Waals surface area contributed by atoms with Gasteiger partial charge in [0.15, 0.2) is 0 Å². The van der Waals surface area contributed by atoms with Crippen LogP contribution in [0, 0.1) is 5.92 Å². The number of likely N-dealkylation sites (N-methyl/N-ethyl adjacent to an activating group) is 1. The number of aliphatic hydroxyl groups excluding tert-OH is 1. The molecule has 0 aromatic heterocycles. The summed E-state index contributed by atoms with van der Waals surface area (Å²) < 4.78 is 5.67. The van der Waals surface area contributed by atoms with Crippen LogP contribution in [0.15, 0.2) is 0 Å². The Labute approximate surface area is 90.2 Å². The van der Waals surface area contributed by atoms with E-state index in [4.69, 9.17) is 9.84 Å². The number of fused-ring (bicyclic) bond motifs is 2.